The van der Waals surface area contributed by atoms with Gasteiger partial charge in [0, 0.05) is 24.0 Å². The lowest BCUT2D eigenvalue weighted by Crippen LogP contribution is -2.40. The third-order valence-electron chi connectivity index (χ3n) is 5.38. The highest BCUT2D eigenvalue weighted by Gasteiger charge is 2.38. The molecule has 7 heteroatoms. The summed E-state index contributed by atoms with van der Waals surface area (Å²) in [5, 5.41) is 0.986. The molecule has 1 amide bonds. The second-order valence-corrected chi connectivity index (χ2v) is 7.09. The van der Waals surface area contributed by atoms with E-state index in [1.807, 2.05) is 48.5 Å². The quantitative estimate of drug-likeness (QED) is 0.495. The number of aromatic amines is 1. The fraction of sp³-hybridized carbons (Fsp3) is 0.136. The third kappa shape index (κ3) is 2.47. The summed E-state index contributed by atoms with van der Waals surface area (Å²) in [5.74, 6) is 0.468. The van der Waals surface area contributed by atoms with E-state index in [1.165, 1.54) is 0 Å². The number of furan rings is 1. The van der Waals surface area contributed by atoms with Crippen molar-refractivity contribution in [3.63, 3.8) is 0 Å². The van der Waals surface area contributed by atoms with Gasteiger partial charge in [0.25, 0.3) is 5.89 Å². The number of carbonyl (C=O) groups excluding carboxylic acids is 1. The molecule has 2 aromatic carbocycles. The van der Waals surface area contributed by atoms with E-state index < -0.39 is 6.04 Å². The molecule has 1 N–H and O–H groups in total. The van der Waals surface area contributed by atoms with Crippen LogP contribution in [-0.4, -0.2) is 32.3 Å². The Kier molecular flexibility index (Phi) is 3.37. The van der Waals surface area contributed by atoms with Gasteiger partial charge < -0.3 is 18.7 Å². The van der Waals surface area contributed by atoms with Crippen molar-refractivity contribution in [2.75, 3.05) is 6.54 Å². The molecule has 1 aliphatic rings. The van der Waals surface area contributed by atoms with Gasteiger partial charge in [0.15, 0.2) is 5.58 Å². The molecule has 0 saturated carbocycles. The van der Waals surface area contributed by atoms with Gasteiger partial charge in [-0.3, -0.25) is 4.79 Å². The van der Waals surface area contributed by atoms with Crippen LogP contribution in [0.5, 0.6) is 0 Å². The minimum Gasteiger partial charge on any atom is -0.458 e. The van der Waals surface area contributed by atoms with Crippen molar-refractivity contribution in [3.8, 4) is 0 Å². The number of hydrogen-bond donors (Lipinski definition) is 1. The molecule has 29 heavy (non-hydrogen) atoms. The number of H-pyrrole nitrogens is 1. The average Bonchev–Trinajstić information content (AvgIpc) is 3.49. The van der Waals surface area contributed by atoms with Gasteiger partial charge >= 0.3 is 5.91 Å². The van der Waals surface area contributed by atoms with E-state index in [0.717, 1.165) is 22.4 Å². The van der Waals surface area contributed by atoms with Crippen LogP contribution in [0, 0.1) is 0 Å². The molecule has 0 saturated heterocycles. The highest BCUT2D eigenvalue weighted by Crippen LogP contribution is 2.37. The first-order valence-electron chi connectivity index (χ1n) is 9.45. The van der Waals surface area contributed by atoms with E-state index in [9.17, 15) is 4.79 Å². The molecule has 0 fully saturated rings. The smallest absolute Gasteiger partial charge is 0.310 e. The van der Waals surface area contributed by atoms with E-state index in [0.29, 0.717) is 29.8 Å². The standard InChI is InChI=1S/C22H16N4O3/c27-22(21-25-14-6-2-4-8-17(14)29-21)26-10-9-15-19(24-12-23-15)20(26)18-11-13-5-1-3-7-16(13)28-18/h1-8,11-12,20H,9-10H2,(H,23,24)/t20-/m1/s1. The minimum atomic E-state index is -0.445. The predicted octanol–water partition coefficient (Wildman–Crippen LogP) is 4.09. The molecular weight excluding hydrogens is 368 g/mol. The third-order valence-corrected chi connectivity index (χ3v) is 5.38. The Morgan fingerprint density at radius 3 is 2.76 bits per heavy atom. The second-order valence-electron chi connectivity index (χ2n) is 7.09. The minimum absolute atomic E-state index is 0.0753. The summed E-state index contributed by atoms with van der Waals surface area (Å²) < 4.78 is 11.8. The van der Waals surface area contributed by atoms with Crippen LogP contribution in [0.2, 0.25) is 0 Å². The topological polar surface area (TPSA) is 88.2 Å². The van der Waals surface area contributed by atoms with Gasteiger partial charge in [-0.05, 0) is 24.3 Å². The molecule has 0 bridgehead atoms. The lowest BCUT2D eigenvalue weighted by molar-refractivity contribution is 0.0634. The maximum Gasteiger partial charge on any atom is 0.310 e. The number of fused-ring (bicyclic) bond motifs is 3. The zero-order valence-electron chi connectivity index (χ0n) is 15.3. The van der Waals surface area contributed by atoms with E-state index >= 15 is 0 Å². The highest BCUT2D eigenvalue weighted by atomic mass is 16.4. The number of aromatic nitrogens is 3. The molecule has 1 aliphatic heterocycles. The van der Waals surface area contributed by atoms with Gasteiger partial charge in [-0.2, -0.15) is 0 Å². The van der Waals surface area contributed by atoms with Crippen LogP contribution in [0.15, 0.2) is 69.8 Å². The summed E-state index contributed by atoms with van der Waals surface area (Å²) in [5.41, 5.74) is 3.83. The number of imidazole rings is 1. The largest absolute Gasteiger partial charge is 0.458 e. The zero-order valence-corrected chi connectivity index (χ0v) is 15.3. The maximum atomic E-state index is 13.4. The molecule has 0 aliphatic carbocycles. The first-order chi connectivity index (χ1) is 14.3. The molecule has 7 nitrogen and oxygen atoms in total. The van der Waals surface area contributed by atoms with Crippen molar-refractivity contribution >= 4 is 28.0 Å². The van der Waals surface area contributed by atoms with Gasteiger partial charge in [0.2, 0.25) is 0 Å². The van der Waals surface area contributed by atoms with E-state index in [-0.39, 0.29) is 11.8 Å². The van der Waals surface area contributed by atoms with Gasteiger partial charge in [-0.25, -0.2) is 9.97 Å². The van der Waals surface area contributed by atoms with Crippen LogP contribution in [-0.2, 0) is 6.42 Å². The highest BCUT2D eigenvalue weighted by molar-refractivity contribution is 5.93. The van der Waals surface area contributed by atoms with E-state index in [2.05, 4.69) is 15.0 Å². The molecule has 4 heterocycles. The first-order valence-corrected chi connectivity index (χ1v) is 9.45. The Hall–Kier alpha value is -3.87. The Bertz CT molecular complexity index is 1300. The monoisotopic (exact) mass is 384 g/mol. The van der Waals surface area contributed by atoms with Crippen molar-refractivity contribution in [2.45, 2.75) is 12.5 Å². The van der Waals surface area contributed by atoms with Crippen LogP contribution in [0.1, 0.15) is 33.9 Å². The first kappa shape index (κ1) is 16.1. The number of nitrogens with zero attached hydrogens (tertiary/aromatic N) is 3. The van der Waals surface area contributed by atoms with Gasteiger partial charge in [0.05, 0.1) is 12.0 Å². The number of rotatable bonds is 2. The van der Waals surface area contributed by atoms with E-state index in [4.69, 9.17) is 8.83 Å². The summed E-state index contributed by atoms with van der Waals surface area (Å²) in [6.45, 7) is 0.508. The summed E-state index contributed by atoms with van der Waals surface area (Å²) >= 11 is 0. The van der Waals surface area contributed by atoms with E-state index in [1.54, 1.807) is 17.3 Å². The number of amides is 1. The Morgan fingerprint density at radius 2 is 1.90 bits per heavy atom. The second kappa shape index (κ2) is 6.07. The maximum absolute atomic E-state index is 13.4. The van der Waals surface area contributed by atoms with Crippen LogP contribution in [0.25, 0.3) is 22.1 Å². The SMILES string of the molecule is O=C(c1nc2ccccc2o1)N1CCc2[nH]cnc2[C@H]1c1cc2ccccc2o1. The fourth-order valence-electron chi connectivity index (χ4n) is 4.01. The van der Waals surface area contributed by atoms with Crippen LogP contribution in [0.4, 0.5) is 0 Å². The molecule has 0 spiro atoms. The molecule has 0 radical (unpaired) electrons. The van der Waals surface area contributed by atoms with Crippen molar-refractivity contribution in [3.05, 3.63) is 84.0 Å². The van der Waals surface area contributed by atoms with Gasteiger partial charge in [0.1, 0.15) is 22.9 Å². The molecule has 6 rings (SSSR count). The van der Waals surface area contributed by atoms with Crippen molar-refractivity contribution < 1.29 is 13.6 Å². The zero-order chi connectivity index (χ0) is 19.4. The lowest BCUT2D eigenvalue weighted by Gasteiger charge is -2.32. The van der Waals surface area contributed by atoms with Gasteiger partial charge in [-0.1, -0.05) is 30.3 Å². The fourth-order valence-corrected chi connectivity index (χ4v) is 4.01. The number of carbonyl (C=O) groups is 1. The van der Waals surface area contributed by atoms with Crippen molar-refractivity contribution in [1.29, 1.82) is 0 Å². The lowest BCUT2D eigenvalue weighted by atomic mass is 10.00. The number of nitrogens with one attached hydrogen (secondary N) is 1. The Balaban J connectivity index is 1.47. The number of oxazole rings is 1. The normalized spacial score (nSPS) is 16.4. The molecule has 0 unspecified atom stereocenters. The average molecular weight is 384 g/mol. The number of hydrogen-bond acceptors (Lipinski definition) is 5. The molecule has 5 aromatic rings. The summed E-state index contributed by atoms with van der Waals surface area (Å²) in [6.07, 6.45) is 2.34. The molecular formula is C22H16N4O3. The van der Waals surface area contributed by atoms with Crippen molar-refractivity contribution in [2.24, 2.45) is 0 Å². The van der Waals surface area contributed by atoms with Gasteiger partial charge in [-0.15, -0.1) is 0 Å². The molecule has 1 atom stereocenters. The summed E-state index contributed by atoms with van der Waals surface area (Å²) in [4.78, 5) is 27.2. The molecule has 142 valence electrons. The summed E-state index contributed by atoms with van der Waals surface area (Å²) in [6, 6.07) is 16.7. The Labute approximate surface area is 165 Å². The van der Waals surface area contributed by atoms with Crippen LogP contribution in [0.3, 0.4) is 0 Å². The van der Waals surface area contributed by atoms with Crippen LogP contribution < -0.4 is 0 Å². The number of para-hydroxylation sites is 3. The Morgan fingerprint density at radius 1 is 1.07 bits per heavy atom. The summed E-state index contributed by atoms with van der Waals surface area (Å²) in [7, 11) is 0. The number of benzene rings is 2. The van der Waals surface area contributed by atoms with Crippen LogP contribution >= 0.6 is 0 Å². The van der Waals surface area contributed by atoms with Crippen molar-refractivity contribution in [1.82, 2.24) is 19.9 Å². The molecule has 3 aromatic heterocycles. The predicted molar refractivity (Wildman–Crippen MR) is 105 cm³/mol.